The third-order valence-corrected chi connectivity index (χ3v) is 3.46. The monoisotopic (exact) mass is 315 g/mol. The molecule has 23 heavy (non-hydrogen) atoms. The fourth-order valence-electron chi connectivity index (χ4n) is 2.22. The van der Waals surface area contributed by atoms with Gasteiger partial charge in [0.1, 0.15) is 11.4 Å². The molecule has 0 bridgehead atoms. The summed E-state index contributed by atoms with van der Waals surface area (Å²) in [6, 6.07) is 5.16. The number of methoxy groups -OCH3 is 2. The highest BCUT2D eigenvalue weighted by molar-refractivity contribution is 5.95. The van der Waals surface area contributed by atoms with E-state index in [1.165, 1.54) is 14.2 Å². The minimum Gasteiger partial charge on any atom is -0.481 e. The van der Waals surface area contributed by atoms with Gasteiger partial charge in [0.15, 0.2) is 0 Å². The van der Waals surface area contributed by atoms with Gasteiger partial charge >= 0.3 is 5.97 Å². The van der Waals surface area contributed by atoms with Crippen molar-refractivity contribution < 1.29 is 14.3 Å². The first-order chi connectivity index (χ1) is 11.0. The van der Waals surface area contributed by atoms with E-state index in [4.69, 9.17) is 9.47 Å². The quantitative estimate of drug-likeness (QED) is 0.852. The van der Waals surface area contributed by atoms with E-state index in [2.05, 4.69) is 29.1 Å². The van der Waals surface area contributed by atoms with Crippen LogP contribution in [0.4, 0.5) is 11.5 Å². The second-order valence-corrected chi connectivity index (χ2v) is 5.41. The molecule has 0 fully saturated rings. The molecule has 6 nitrogen and oxygen atoms in total. The molecule has 2 aromatic rings. The van der Waals surface area contributed by atoms with Crippen LogP contribution in [0.1, 0.15) is 41.4 Å². The van der Waals surface area contributed by atoms with Gasteiger partial charge in [0.05, 0.1) is 25.6 Å². The number of aryl methyl sites for hydroxylation is 1. The van der Waals surface area contributed by atoms with Crippen LogP contribution in [0.25, 0.3) is 0 Å². The molecule has 0 spiro atoms. The second-order valence-electron chi connectivity index (χ2n) is 5.41. The number of carbonyl (C=O) groups excluding carboxylic acids is 1. The highest BCUT2D eigenvalue weighted by Gasteiger charge is 2.18. The molecule has 122 valence electrons. The van der Waals surface area contributed by atoms with Gasteiger partial charge in [-0.25, -0.2) is 4.79 Å². The first-order valence-corrected chi connectivity index (χ1v) is 7.33. The topological polar surface area (TPSA) is 73.3 Å². The van der Waals surface area contributed by atoms with Crippen molar-refractivity contribution in [2.75, 3.05) is 19.5 Å². The highest BCUT2D eigenvalue weighted by atomic mass is 16.5. The van der Waals surface area contributed by atoms with Crippen molar-refractivity contribution in [1.29, 1.82) is 0 Å². The molecule has 0 aliphatic carbocycles. The lowest BCUT2D eigenvalue weighted by Gasteiger charge is -2.17. The molecule has 0 aromatic carbocycles. The van der Waals surface area contributed by atoms with E-state index < -0.39 is 5.97 Å². The molecule has 0 aliphatic heterocycles. The molecular formula is C17H21N3O3. The number of hydrogen-bond acceptors (Lipinski definition) is 6. The molecule has 2 rings (SSSR count). The highest BCUT2D eigenvalue weighted by Crippen LogP contribution is 2.30. The molecule has 2 heterocycles. The number of esters is 1. The number of nitrogens with one attached hydrogen (secondary N) is 1. The Hall–Kier alpha value is -2.63. The van der Waals surface area contributed by atoms with Crippen LogP contribution in [0.2, 0.25) is 0 Å². The van der Waals surface area contributed by atoms with E-state index in [9.17, 15) is 4.79 Å². The lowest BCUT2D eigenvalue weighted by Crippen LogP contribution is -2.10. The number of pyridine rings is 2. The largest absolute Gasteiger partial charge is 0.481 e. The SMILES string of the molecule is COC(=O)c1ccc(OC)nc1Nc1c(C)ccnc1C(C)C. The maximum atomic E-state index is 12.0. The van der Waals surface area contributed by atoms with Crippen molar-refractivity contribution in [3.63, 3.8) is 0 Å². The van der Waals surface area contributed by atoms with Crippen LogP contribution >= 0.6 is 0 Å². The van der Waals surface area contributed by atoms with Gasteiger partial charge in [0, 0.05) is 12.3 Å². The molecule has 0 saturated carbocycles. The smallest absolute Gasteiger partial charge is 0.341 e. The van der Waals surface area contributed by atoms with Crippen molar-refractivity contribution in [2.24, 2.45) is 0 Å². The number of aromatic nitrogens is 2. The van der Waals surface area contributed by atoms with Crippen LogP contribution in [-0.2, 0) is 4.74 Å². The number of carbonyl (C=O) groups is 1. The van der Waals surface area contributed by atoms with E-state index in [0.29, 0.717) is 17.3 Å². The Morgan fingerprint density at radius 1 is 1.22 bits per heavy atom. The lowest BCUT2D eigenvalue weighted by atomic mass is 10.0. The normalized spacial score (nSPS) is 10.5. The molecule has 1 N–H and O–H groups in total. The Morgan fingerprint density at radius 2 is 1.96 bits per heavy atom. The zero-order valence-corrected chi connectivity index (χ0v) is 14.0. The fraction of sp³-hybridized carbons (Fsp3) is 0.353. The van der Waals surface area contributed by atoms with Crippen molar-refractivity contribution in [3.8, 4) is 5.88 Å². The lowest BCUT2D eigenvalue weighted by molar-refractivity contribution is 0.0601. The number of ether oxygens (including phenoxy) is 2. The summed E-state index contributed by atoms with van der Waals surface area (Å²) < 4.78 is 9.97. The minimum atomic E-state index is -0.463. The van der Waals surface area contributed by atoms with Gasteiger partial charge in [-0.15, -0.1) is 0 Å². The maximum absolute atomic E-state index is 12.0. The zero-order chi connectivity index (χ0) is 17.0. The summed E-state index contributed by atoms with van der Waals surface area (Å²) in [6.45, 7) is 6.11. The Morgan fingerprint density at radius 3 is 2.57 bits per heavy atom. The summed E-state index contributed by atoms with van der Waals surface area (Å²) in [5, 5.41) is 3.23. The van der Waals surface area contributed by atoms with Gasteiger partial charge in [-0.2, -0.15) is 4.98 Å². The molecule has 0 saturated heterocycles. The third-order valence-electron chi connectivity index (χ3n) is 3.46. The van der Waals surface area contributed by atoms with Crippen molar-refractivity contribution in [1.82, 2.24) is 9.97 Å². The van der Waals surface area contributed by atoms with Crippen LogP contribution < -0.4 is 10.1 Å². The number of anilines is 2. The minimum absolute atomic E-state index is 0.226. The Bertz CT molecular complexity index is 714. The van der Waals surface area contributed by atoms with Gasteiger partial charge < -0.3 is 14.8 Å². The molecule has 0 unspecified atom stereocenters. The summed E-state index contributed by atoms with van der Waals surface area (Å²) in [6.07, 6.45) is 1.77. The van der Waals surface area contributed by atoms with Crippen LogP contribution in [0.15, 0.2) is 24.4 Å². The van der Waals surface area contributed by atoms with Crippen molar-refractivity contribution >= 4 is 17.5 Å². The second kappa shape index (κ2) is 7.09. The van der Waals surface area contributed by atoms with Crippen LogP contribution in [0.5, 0.6) is 5.88 Å². The summed E-state index contributed by atoms with van der Waals surface area (Å²) in [5.41, 5.74) is 3.11. The van der Waals surface area contributed by atoms with E-state index in [1.807, 2.05) is 13.0 Å². The van der Waals surface area contributed by atoms with E-state index >= 15 is 0 Å². The third kappa shape index (κ3) is 3.59. The number of rotatable bonds is 5. The maximum Gasteiger partial charge on any atom is 0.341 e. The molecule has 2 aromatic heterocycles. The van der Waals surface area contributed by atoms with Crippen LogP contribution in [0.3, 0.4) is 0 Å². The fourth-order valence-corrected chi connectivity index (χ4v) is 2.22. The van der Waals surface area contributed by atoms with Crippen molar-refractivity contribution in [3.05, 3.63) is 41.2 Å². The molecule has 6 heteroatoms. The van der Waals surface area contributed by atoms with Gasteiger partial charge in [-0.3, -0.25) is 4.98 Å². The average molecular weight is 315 g/mol. The van der Waals surface area contributed by atoms with Gasteiger partial charge in [0.2, 0.25) is 5.88 Å². The summed E-state index contributed by atoms with van der Waals surface area (Å²) in [7, 11) is 2.87. The standard InChI is InChI=1S/C17H21N3O3/c1-10(2)14-15(11(3)8-9-18-14)20-16-12(17(21)23-5)6-7-13(19-16)22-4/h6-10H,1-5H3,(H,19,20). The average Bonchev–Trinajstić information content (AvgIpc) is 2.55. The Labute approximate surface area is 135 Å². The molecule has 0 aliphatic rings. The number of nitrogens with zero attached hydrogens (tertiary/aromatic N) is 2. The molecular weight excluding hydrogens is 294 g/mol. The molecule has 0 amide bonds. The summed E-state index contributed by atoms with van der Waals surface area (Å²) in [5.74, 6) is 0.557. The Balaban J connectivity index is 2.53. The van der Waals surface area contributed by atoms with Gasteiger partial charge in [-0.1, -0.05) is 13.8 Å². The van der Waals surface area contributed by atoms with Gasteiger partial charge in [-0.05, 0) is 30.5 Å². The number of hydrogen-bond donors (Lipinski definition) is 1. The van der Waals surface area contributed by atoms with Crippen LogP contribution in [0, 0.1) is 6.92 Å². The first-order valence-electron chi connectivity index (χ1n) is 7.33. The van der Waals surface area contributed by atoms with Gasteiger partial charge in [0.25, 0.3) is 0 Å². The summed E-state index contributed by atoms with van der Waals surface area (Å²) in [4.78, 5) is 20.7. The van der Waals surface area contributed by atoms with E-state index in [-0.39, 0.29) is 5.92 Å². The predicted octanol–water partition coefficient (Wildman–Crippen LogP) is 3.45. The van der Waals surface area contributed by atoms with Crippen LogP contribution in [-0.4, -0.2) is 30.2 Å². The first kappa shape index (κ1) is 16.7. The van der Waals surface area contributed by atoms with E-state index in [0.717, 1.165) is 16.9 Å². The Kier molecular flexibility index (Phi) is 5.16. The van der Waals surface area contributed by atoms with E-state index in [1.54, 1.807) is 18.3 Å². The molecule has 0 radical (unpaired) electrons. The van der Waals surface area contributed by atoms with Crippen molar-refractivity contribution in [2.45, 2.75) is 26.7 Å². The zero-order valence-electron chi connectivity index (χ0n) is 14.0. The molecule has 0 atom stereocenters. The summed E-state index contributed by atoms with van der Waals surface area (Å²) >= 11 is 0. The predicted molar refractivity (Wildman–Crippen MR) is 88.5 cm³/mol.